The van der Waals surface area contributed by atoms with E-state index in [4.69, 9.17) is 9.97 Å². The van der Waals surface area contributed by atoms with Crippen LogP contribution >= 0.6 is 11.8 Å². The van der Waals surface area contributed by atoms with Gasteiger partial charge in [-0.05, 0) is 114 Å². The van der Waals surface area contributed by atoms with E-state index in [0.29, 0.717) is 5.56 Å². The van der Waals surface area contributed by atoms with E-state index in [0.717, 1.165) is 72.4 Å². The van der Waals surface area contributed by atoms with Crippen LogP contribution < -0.4 is 0 Å². The fourth-order valence-electron chi connectivity index (χ4n) is 11.8. The third kappa shape index (κ3) is 4.74. The van der Waals surface area contributed by atoms with E-state index in [2.05, 4.69) is 202 Å². The zero-order valence-corrected chi connectivity index (χ0v) is 36.5. The molecule has 0 amide bonds. The van der Waals surface area contributed by atoms with Gasteiger partial charge in [0.05, 0.1) is 67.2 Å². The third-order valence-electron chi connectivity index (χ3n) is 14.4. The van der Waals surface area contributed by atoms with Crippen LogP contribution in [0.4, 0.5) is 0 Å². The maximum atomic E-state index is 9.99. The molecule has 15 rings (SSSR count). The van der Waals surface area contributed by atoms with Gasteiger partial charge in [0.2, 0.25) is 0 Å². The van der Waals surface area contributed by atoms with Crippen molar-refractivity contribution in [3.05, 3.63) is 234 Å². The van der Waals surface area contributed by atoms with Gasteiger partial charge in [-0.3, -0.25) is 9.97 Å². The van der Waals surface area contributed by atoms with Gasteiger partial charge in [-0.15, -0.1) is 0 Å². The molecule has 0 bridgehead atoms. The quantitative estimate of drug-likeness (QED) is 0.177. The molecule has 1 spiro atoms. The van der Waals surface area contributed by atoms with Crippen molar-refractivity contribution >= 4 is 77.2 Å². The first kappa shape index (κ1) is 36.6. The van der Waals surface area contributed by atoms with Crippen molar-refractivity contribution in [3.63, 3.8) is 0 Å². The summed E-state index contributed by atoms with van der Waals surface area (Å²) < 4.78 is 7.25. The molecule has 1 aliphatic carbocycles. The van der Waals surface area contributed by atoms with Gasteiger partial charge in [0.25, 0.3) is 0 Å². The van der Waals surface area contributed by atoms with Crippen molar-refractivity contribution in [3.8, 4) is 34.5 Å². The number of pyridine rings is 2. The first-order valence-electron chi connectivity index (χ1n) is 22.5. The van der Waals surface area contributed by atoms with Crippen LogP contribution in [0, 0.1) is 11.3 Å². The highest BCUT2D eigenvalue weighted by molar-refractivity contribution is 7.99. The highest BCUT2D eigenvalue weighted by atomic mass is 32.2. The van der Waals surface area contributed by atoms with Gasteiger partial charge in [-0.25, -0.2) is 0 Å². The van der Waals surface area contributed by atoms with Crippen LogP contribution in [0.3, 0.4) is 0 Å². The predicted octanol–water partition coefficient (Wildman–Crippen LogP) is 14.5. The van der Waals surface area contributed by atoms with Crippen LogP contribution in [0.2, 0.25) is 0 Å². The molecule has 0 fully saturated rings. The molecule has 0 atom stereocenters. The van der Waals surface area contributed by atoms with Gasteiger partial charge in [-0.1, -0.05) is 109 Å². The zero-order valence-electron chi connectivity index (χ0n) is 35.7. The minimum absolute atomic E-state index is 0.643. The van der Waals surface area contributed by atoms with Gasteiger partial charge in [0.1, 0.15) is 0 Å². The van der Waals surface area contributed by atoms with Gasteiger partial charge < -0.3 is 13.7 Å². The standard InChI is InChI=1S/C60H34N6S/c61-35-36-24-28-53-43(32-36)41-14-4-8-21-51(41)66(53)54-22-9-23-55-57(54)60(46-16-10-30-62-58(46)59-47(60)17-11-31-63-59)45-27-25-38(34-56(45)67-55)65-50-20-7-3-15-42(50)44-33-37(26-29-52(44)65)64-48-18-5-1-12-39(48)40-13-2-6-19-49(40)64/h1-34H. The Kier molecular flexibility index (Phi) is 7.34. The summed E-state index contributed by atoms with van der Waals surface area (Å²) in [5, 5.41) is 17.1. The second-order valence-electron chi connectivity index (χ2n) is 17.6. The van der Waals surface area contributed by atoms with Gasteiger partial charge in [-0.2, -0.15) is 5.26 Å². The maximum absolute atomic E-state index is 9.99. The largest absolute Gasteiger partial charge is 0.309 e. The van der Waals surface area contributed by atoms with E-state index >= 15 is 0 Å². The molecule has 0 saturated carbocycles. The lowest BCUT2D eigenvalue weighted by Crippen LogP contribution is -2.33. The van der Waals surface area contributed by atoms with E-state index in [1.54, 1.807) is 0 Å². The molecule has 310 valence electrons. The highest BCUT2D eigenvalue weighted by Gasteiger charge is 2.53. The summed E-state index contributed by atoms with van der Waals surface area (Å²) in [5.41, 5.74) is 16.5. The molecule has 0 unspecified atom stereocenters. The fraction of sp³-hybridized carbons (Fsp3) is 0.0167. The zero-order chi connectivity index (χ0) is 44.0. The first-order valence-corrected chi connectivity index (χ1v) is 23.4. The summed E-state index contributed by atoms with van der Waals surface area (Å²) in [6.45, 7) is 0. The Bertz CT molecular complexity index is 4250. The Balaban J connectivity index is 0.988. The van der Waals surface area contributed by atoms with Gasteiger partial charge in [0.15, 0.2) is 0 Å². The molecule has 0 N–H and O–H groups in total. The molecule has 13 aromatic rings. The number of rotatable bonds is 3. The molecule has 6 heterocycles. The van der Waals surface area contributed by atoms with Gasteiger partial charge >= 0.3 is 0 Å². The van der Waals surface area contributed by atoms with Crippen molar-refractivity contribution < 1.29 is 0 Å². The summed E-state index contributed by atoms with van der Waals surface area (Å²) in [6, 6.07) is 72.6. The number of nitrogens with zero attached hydrogens (tertiary/aromatic N) is 6. The van der Waals surface area contributed by atoms with Crippen molar-refractivity contribution in [2.45, 2.75) is 15.2 Å². The first-order chi connectivity index (χ1) is 33.2. The number of hydrogen-bond acceptors (Lipinski definition) is 4. The van der Waals surface area contributed by atoms with E-state index in [9.17, 15) is 5.26 Å². The number of fused-ring (bicyclic) bond motifs is 18. The SMILES string of the molecule is N#Cc1ccc2c(c1)c1ccccc1n2-c1cccc2c1C1(c3ccc(-n4c5ccccc5c5cc(-n6c7ccccc7c7ccccc76)ccc54)cc3S2)c2cccnc2-c2ncccc21. The average Bonchev–Trinajstić information content (AvgIpc) is 4.10. The van der Waals surface area contributed by atoms with Crippen molar-refractivity contribution in [1.29, 1.82) is 5.26 Å². The van der Waals surface area contributed by atoms with Crippen LogP contribution in [-0.2, 0) is 5.41 Å². The van der Waals surface area contributed by atoms with Crippen LogP contribution in [0.1, 0.15) is 27.8 Å². The normalized spacial score (nSPS) is 13.4. The molecule has 1 aliphatic heterocycles. The number of para-hydroxylation sites is 4. The third-order valence-corrected chi connectivity index (χ3v) is 15.5. The molecule has 6 nitrogen and oxygen atoms in total. The maximum Gasteiger partial charge on any atom is 0.0991 e. The Hall–Kier alpha value is -8.70. The monoisotopic (exact) mass is 870 g/mol. The molecule has 7 heteroatoms. The lowest BCUT2D eigenvalue weighted by molar-refractivity contribution is 0.712. The van der Waals surface area contributed by atoms with Crippen LogP contribution in [0.25, 0.3) is 93.9 Å². The smallest absolute Gasteiger partial charge is 0.0991 e. The lowest BCUT2D eigenvalue weighted by atomic mass is 9.67. The van der Waals surface area contributed by atoms with Crippen LogP contribution in [0.15, 0.2) is 216 Å². The number of benzene rings is 8. The minimum Gasteiger partial charge on any atom is -0.309 e. The molecule has 67 heavy (non-hydrogen) atoms. The molecule has 8 aromatic carbocycles. The molecule has 2 aliphatic rings. The van der Waals surface area contributed by atoms with Crippen LogP contribution in [-0.4, -0.2) is 23.7 Å². The number of nitriles is 1. The van der Waals surface area contributed by atoms with Crippen molar-refractivity contribution in [2.75, 3.05) is 0 Å². The fourth-order valence-corrected chi connectivity index (χ4v) is 13.1. The Morgan fingerprint density at radius 2 is 0.910 bits per heavy atom. The Morgan fingerprint density at radius 3 is 1.54 bits per heavy atom. The van der Waals surface area contributed by atoms with E-state index < -0.39 is 5.41 Å². The molecular formula is C60H34N6S. The summed E-state index contributed by atoms with van der Waals surface area (Å²) in [7, 11) is 0. The van der Waals surface area contributed by atoms with E-state index in [-0.39, 0.29) is 0 Å². The molecular weight excluding hydrogens is 837 g/mol. The van der Waals surface area contributed by atoms with Gasteiger partial charge in [0, 0.05) is 71.4 Å². The second kappa shape index (κ2) is 13.4. The second-order valence-corrected chi connectivity index (χ2v) is 18.7. The predicted molar refractivity (Wildman–Crippen MR) is 271 cm³/mol. The summed E-state index contributed by atoms with van der Waals surface area (Å²) in [5.74, 6) is 0. The van der Waals surface area contributed by atoms with E-state index in [1.807, 2.05) is 36.3 Å². The highest BCUT2D eigenvalue weighted by Crippen LogP contribution is 2.63. The lowest BCUT2D eigenvalue weighted by Gasteiger charge is -2.41. The summed E-state index contributed by atoms with van der Waals surface area (Å²) in [4.78, 5) is 12.5. The molecule has 0 radical (unpaired) electrons. The minimum atomic E-state index is -0.749. The van der Waals surface area contributed by atoms with E-state index in [1.165, 1.54) is 53.5 Å². The average molecular weight is 871 g/mol. The molecule has 0 saturated heterocycles. The number of aromatic nitrogens is 5. The molecule has 5 aromatic heterocycles. The summed E-state index contributed by atoms with van der Waals surface area (Å²) in [6.07, 6.45) is 3.78. The Labute approximate surface area is 388 Å². The van der Waals surface area contributed by atoms with Crippen molar-refractivity contribution in [1.82, 2.24) is 23.7 Å². The van der Waals surface area contributed by atoms with Crippen molar-refractivity contribution in [2.24, 2.45) is 0 Å². The topological polar surface area (TPSA) is 64.4 Å². The summed E-state index contributed by atoms with van der Waals surface area (Å²) >= 11 is 1.83. The number of hydrogen-bond donors (Lipinski definition) is 0. The van der Waals surface area contributed by atoms with Crippen LogP contribution in [0.5, 0.6) is 0 Å². The Morgan fingerprint density at radius 1 is 0.403 bits per heavy atom.